The zero-order valence-electron chi connectivity index (χ0n) is 18.8. The molecule has 6 nitrogen and oxygen atoms in total. The molecule has 2 aliphatic rings. The molecule has 0 saturated carbocycles. The number of hydrogen-bond acceptors (Lipinski definition) is 4. The van der Waals surface area contributed by atoms with Gasteiger partial charge in [-0.2, -0.15) is 0 Å². The van der Waals surface area contributed by atoms with Crippen LogP contribution in [0.2, 0.25) is 0 Å². The number of rotatable bonds is 9. The van der Waals surface area contributed by atoms with Crippen molar-refractivity contribution < 1.29 is 24.2 Å². The van der Waals surface area contributed by atoms with Gasteiger partial charge in [0.15, 0.2) is 0 Å². The molecule has 0 aromatic heterocycles. The normalized spacial score (nSPS) is 10.6. The molecule has 0 unspecified atom stereocenters. The van der Waals surface area contributed by atoms with Gasteiger partial charge in [-0.3, -0.25) is 9.59 Å². The second-order valence-corrected chi connectivity index (χ2v) is 7.73. The molecule has 2 N–H and O–H groups in total. The summed E-state index contributed by atoms with van der Waals surface area (Å²) in [5.74, 6) is 0.146. The van der Waals surface area contributed by atoms with Crippen LogP contribution in [0.3, 0.4) is 0 Å². The Hall–Kier alpha value is -4.32. The average molecular weight is 456 g/mol. The first-order chi connectivity index (χ1) is 16.6. The van der Waals surface area contributed by atoms with E-state index in [-0.39, 0.29) is 18.9 Å². The fourth-order valence-corrected chi connectivity index (χ4v) is 3.81. The van der Waals surface area contributed by atoms with Gasteiger partial charge in [0, 0.05) is 12.0 Å². The molecule has 2 aromatic rings. The fraction of sp³-hybridized carbons (Fsp3) is 0.143. The lowest BCUT2D eigenvalue weighted by molar-refractivity contribution is -0.137. The van der Waals surface area contributed by atoms with Gasteiger partial charge in [-0.1, -0.05) is 54.6 Å². The van der Waals surface area contributed by atoms with Gasteiger partial charge >= 0.3 is 5.97 Å². The Morgan fingerprint density at radius 1 is 0.853 bits per heavy atom. The first-order valence-electron chi connectivity index (χ1n) is 11.0. The van der Waals surface area contributed by atoms with E-state index in [0.29, 0.717) is 23.4 Å². The van der Waals surface area contributed by atoms with Crippen molar-refractivity contribution in [1.29, 1.82) is 0 Å². The second-order valence-electron chi connectivity index (χ2n) is 7.73. The Morgan fingerprint density at radius 2 is 1.56 bits per heavy atom. The summed E-state index contributed by atoms with van der Waals surface area (Å²) < 4.78 is 11.0. The number of aliphatic carboxylic acids is 1. The van der Waals surface area contributed by atoms with Crippen molar-refractivity contribution in [2.24, 2.45) is 0 Å². The van der Waals surface area contributed by atoms with Gasteiger partial charge in [-0.25, -0.2) is 0 Å². The number of amides is 1. The largest absolute Gasteiger partial charge is 0.497 e. The number of carboxylic acid groups (broad SMARTS) is 1. The van der Waals surface area contributed by atoms with Gasteiger partial charge in [-0.05, 0) is 59.0 Å². The summed E-state index contributed by atoms with van der Waals surface area (Å²) in [6.07, 6.45) is 0.409. The monoisotopic (exact) mass is 455 g/mol. The maximum absolute atomic E-state index is 13.4. The molecule has 34 heavy (non-hydrogen) atoms. The second kappa shape index (κ2) is 10.5. The van der Waals surface area contributed by atoms with Crippen LogP contribution in [-0.2, 0) is 4.79 Å². The summed E-state index contributed by atoms with van der Waals surface area (Å²) in [7, 11) is 1.63. The maximum atomic E-state index is 13.4. The molecular formula is C28H25NO5. The highest BCUT2D eigenvalue weighted by Crippen LogP contribution is 2.39. The van der Waals surface area contributed by atoms with Crippen LogP contribution in [0.1, 0.15) is 23.2 Å². The minimum Gasteiger partial charge on any atom is -0.497 e. The first-order valence-corrected chi connectivity index (χ1v) is 11.0. The lowest BCUT2D eigenvalue weighted by atomic mass is 10.0. The predicted molar refractivity (Wildman–Crippen MR) is 132 cm³/mol. The summed E-state index contributed by atoms with van der Waals surface area (Å²) in [6, 6.07) is 26.5. The van der Waals surface area contributed by atoms with E-state index in [1.54, 1.807) is 19.2 Å². The van der Waals surface area contributed by atoms with Crippen molar-refractivity contribution in [3.05, 3.63) is 90.5 Å². The van der Waals surface area contributed by atoms with Crippen molar-refractivity contribution in [2.75, 3.05) is 19.0 Å². The summed E-state index contributed by atoms with van der Waals surface area (Å²) >= 11 is 0. The summed E-state index contributed by atoms with van der Waals surface area (Å²) in [5, 5.41) is 11.8. The summed E-state index contributed by atoms with van der Waals surface area (Å²) in [6.45, 7) is 0.246. The van der Waals surface area contributed by atoms with E-state index < -0.39 is 5.97 Å². The van der Waals surface area contributed by atoms with Crippen LogP contribution in [0.25, 0.3) is 22.3 Å². The topological polar surface area (TPSA) is 84.9 Å². The van der Waals surface area contributed by atoms with Crippen LogP contribution in [0.4, 0.5) is 5.69 Å². The molecule has 4 rings (SSSR count). The third-order valence-corrected chi connectivity index (χ3v) is 5.48. The van der Waals surface area contributed by atoms with Gasteiger partial charge in [0.05, 0.1) is 19.4 Å². The molecule has 0 heterocycles. The molecular weight excluding hydrogens is 430 g/mol. The lowest BCUT2D eigenvalue weighted by Gasteiger charge is -2.12. The predicted octanol–water partition coefficient (Wildman–Crippen LogP) is 5.96. The number of carbonyl (C=O) groups excluding carboxylic acids is 1. The highest BCUT2D eigenvalue weighted by atomic mass is 16.5. The Kier molecular flexibility index (Phi) is 7.08. The van der Waals surface area contributed by atoms with Gasteiger partial charge in [0.25, 0.3) is 5.91 Å². The minimum absolute atomic E-state index is 0.0270. The average Bonchev–Trinajstić information content (AvgIpc) is 3.03. The Balaban J connectivity index is 1.62. The highest BCUT2D eigenvalue weighted by molar-refractivity contribution is 6.12. The van der Waals surface area contributed by atoms with E-state index in [9.17, 15) is 9.59 Å². The number of carboxylic acids is 1. The molecule has 0 spiro atoms. The van der Waals surface area contributed by atoms with Crippen molar-refractivity contribution in [3.63, 3.8) is 0 Å². The number of nitrogens with one attached hydrogen (secondary N) is 1. The number of ether oxygens (including phenoxy) is 2. The zero-order valence-corrected chi connectivity index (χ0v) is 18.8. The Morgan fingerprint density at radius 3 is 2.29 bits per heavy atom. The van der Waals surface area contributed by atoms with E-state index in [0.717, 1.165) is 28.0 Å². The molecule has 0 bridgehead atoms. The Bertz CT molecular complexity index is 1270. The zero-order chi connectivity index (χ0) is 23.9. The molecule has 2 aromatic carbocycles. The SMILES string of the molecule is COc1ccc(-c2cc(C(=O)Nc3ccccc3OCCCC(=O)O)c3cccccc2-3)cc1. The molecule has 2 aliphatic carbocycles. The van der Waals surface area contributed by atoms with Gasteiger partial charge in [0.2, 0.25) is 0 Å². The van der Waals surface area contributed by atoms with Crippen LogP contribution in [-0.4, -0.2) is 30.7 Å². The van der Waals surface area contributed by atoms with Crippen LogP contribution < -0.4 is 14.8 Å². The third-order valence-electron chi connectivity index (χ3n) is 5.48. The van der Waals surface area contributed by atoms with Crippen LogP contribution in [0, 0.1) is 0 Å². The molecule has 172 valence electrons. The van der Waals surface area contributed by atoms with E-state index in [2.05, 4.69) is 5.32 Å². The molecule has 0 saturated heterocycles. The van der Waals surface area contributed by atoms with Crippen LogP contribution in [0.5, 0.6) is 11.5 Å². The number of para-hydroxylation sites is 2. The van der Waals surface area contributed by atoms with Gasteiger partial charge in [0.1, 0.15) is 11.5 Å². The number of fused-ring (bicyclic) bond motifs is 1. The Labute approximate surface area is 198 Å². The number of carbonyl (C=O) groups is 2. The molecule has 0 atom stereocenters. The third kappa shape index (κ3) is 5.18. The molecule has 1 amide bonds. The van der Waals surface area contributed by atoms with E-state index in [1.165, 1.54) is 0 Å². The van der Waals surface area contributed by atoms with Crippen LogP contribution in [0.15, 0.2) is 84.9 Å². The lowest BCUT2D eigenvalue weighted by Crippen LogP contribution is -2.13. The summed E-state index contributed by atoms with van der Waals surface area (Å²) in [5.41, 5.74) is 4.84. The number of benzene rings is 2. The quantitative estimate of drug-likeness (QED) is 0.304. The van der Waals surface area contributed by atoms with Crippen molar-refractivity contribution in [2.45, 2.75) is 12.8 Å². The number of hydrogen-bond donors (Lipinski definition) is 2. The summed E-state index contributed by atoms with van der Waals surface area (Å²) in [4.78, 5) is 24.1. The van der Waals surface area contributed by atoms with E-state index in [1.807, 2.05) is 72.8 Å². The molecule has 0 aliphatic heterocycles. The van der Waals surface area contributed by atoms with Crippen molar-refractivity contribution in [1.82, 2.24) is 0 Å². The van der Waals surface area contributed by atoms with Crippen molar-refractivity contribution >= 4 is 17.6 Å². The van der Waals surface area contributed by atoms with E-state index >= 15 is 0 Å². The van der Waals surface area contributed by atoms with Crippen molar-refractivity contribution in [3.8, 4) is 33.8 Å². The minimum atomic E-state index is -0.867. The van der Waals surface area contributed by atoms with Crippen LogP contribution >= 0.6 is 0 Å². The first kappa shape index (κ1) is 22.9. The number of anilines is 1. The smallest absolute Gasteiger partial charge is 0.303 e. The standard InChI is InChI=1S/C28H25NO5/c1-33-20-15-13-19(14-16-20)23-18-24(22-9-4-2-3-8-21(22)23)28(32)29-25-10-5-6-11-26(25)34-17-7-12-27(30)31/h2-6,8-11,13-16,18H,7,12,17H2,1H3,(H,29,32)(H,30,31). The molecule has 0 fully saturated rings. The molecule has 0 radical (unpaired) electrons. The van der Waals surface area contributed by atoms with Gasteiger partial charge in [-0.15, -0.1) is 0 Å². The fourth-order valence-electron chi connectivity index (χ4n) is 3.81. The number of methoxy groups -OCH3 is 1. The maximum Gasteiger partial charge on any atom is 0.303 e. The highest BCUT2D eigenvalue weighted by Gasteiger charge is 2.21. The molecule has 6 heteroatoms. The van der Waals surface area contributed by atoms with Gasteiger partial charge < -0.3 is 19.9 Å². The van der Waals surface area contributed by atoms with E-state index in [4.69, 9.17) is 14.6 Å².